The Hall–Kier alpha value is -1.91. The Morgan fingerprint density at radius 3 is 2.90 bits per heavy atom. The smallest absolute Gasteiger partial charge is 0.0650 e. The minimum Gasteiger partial charge on any atom is -0.303 e. The van der Waals surface area contributed by atoms with Crippen LogP contribution in [0.4, 0.5) is 0 Å². The van der Waals surface area contributed by atoms with E-state index < -0.39 is 0 Å². The fourth-order valence-electron chi connectivity index (χ4n) is 3.92. The molecule has 4 nitrogen and oxygen atoms in total. The maximum absolute atomic E-state index is 4.76. The van der Waals surface area contributed by atoms with Gasteiger partial charge in [0.25, 0.3) is 0 Å². The minimum atomic E-state index is 0.283. The fraction of sp³-hybridized carbons (Fsp3) is 0.261. The molecule has 150 valence electrons. The maximum Gasteiger partial charge on any atom is 0.0650 e. The SMILES string of the molecule is C=C/C=C(\S)[C@@H]1CN(C)CCN1Cc1cc(-c2ccc3[nH]ncc3c2)ccc1P. The van der Waals surface area contributed by atoms with E-state index in [1.165, 1.54) is 22.0 Å². The Kier molecular flexibility index (Phi) is 6.21. The second-order valence-electron chi connectivity index (χ2n) is 7.66. The summed E-state index contributed by atoms with van der Waals surface area (Å²) in [4.78, 5) is 5.96. The van der Waals surface area contributed by atoms with Crippen LogP contribution < -0.4 is 5.30 Å². The summed E-state index contributed by atoms with van der Waals surface area (Å²) in [5.74, 6) is 0. The zero-order valence-corrected chi connectivity index (χ0v) is 18.7. The molecule has 0 saturated carbocycles. The van der Waals surface area contributed by atoms with Crippen LogP contribution in [0.2, 0.25) is 0 Å². The predicted molar refractivity (Wildman–Crippen MR) is 130 cm³/mol. The first kappa shape index (κ1) is 20.4. The molecule has 1 saturated heterocycles. The normalized spacial score (nSPS) is 19.0. The van der Waals surface area contributed by atoms with Crippen LogP contribution in [-0.4, -0.2) is 52.7 Å². The number of aromatic nitrogens is 2. The fourth-order valence-corrected chi connectivity index (χ4v) is 4.54. The Labute approximate surface area is 180 Å². The van der Waals surface area contributed by atoms with Crippen molar-refractivity contribution in [3.8, 4) is 11.1 Å². The summed E-state index contributed by atoms with van der Waals surface area (Å²) in [5, 5.41) is 9.52. The van der Waals surface area contributed by atoms with E-state index in [0.29, 0.717) is 0 Å². The molecule has 6 heteroatoms. The van der Waals surface area contributed by atoms with Gasteiger partial charge in [0.1, 0.15) is 0 Å². The number of allylic oxidation sites excluding steroid dienone is 2. The van der Waals surface area contributed by atoms with E-state index >= 15 is 0 Å². The third-order valence-electron chi connectivity index (χ3n) is 5.61. The van der Waals surface area contributed by atoms with Crippen molar-refractivity contribution in [2.75, 3.05) is 26.7 Å². The first-order valence-corrected chi connectivity index (χ1v) is 10.8. The lowest BCUT2D eigenvalue weighted by atomic mass is 10.0. The van der Waals surface area contributed by atoms with Crippen molar-refractivity contribution in [1.29, 1.82) is 0 Å². The van der Waals surface area contributed by atoms with Crippen LogP contribution in [0.5, 0.6) is 0 Å². The van der Waals surface area contributed by atoms with Gasteiger partial charge in [0.15, 0.2) is 0 Å². The van der Waals surface area contributed by atoms with E-state index in [1.54, 1.807) is 0 Å². The van der Waals surface area contributed by atoms with E-state index in [9.17, 15) is 0 Å². The number of piperazine rings is 1. The van der Waals surface area contributed by atoms with Gasteiger partial charge in [-0.05, 0) is 47.2 Å². The van der Waals surface area contributed by atoms with Crippen LogP contribution >= 0.6 is 21.9 Å². The third kappa shape index (κ3) is 4.49. The summed E-state index contributed by atoms with van der Waals surface area (Å²) in [6, 6.07) is 13.4. The highest BCUT2D eigenvalue weighted by molar-refractivity contribution is 7.84. The molecule has 4 rings (SSSR count). The van der Waals surface area contributed by atoms with Crippen molar-refractivity contribution in [1.82, 2.24) is 20.0 Å². The average molecular weight is 423 g/mol. The molecule has 2 aromatic carbocycles. The van der Waals surface area contributed by atoms with Gasteiger partial charge in [-0.2, -0.15) is 5.10 Å². The van der Waals surface area contributed by atoms with Gasteiger partial charge < -0.3 is 4.90 Å². The predicted octanol–water partition coefficient (Wildman–Crippen LogP) is 3.85. The van der Waals surface area contributed by atoms with Gasteiger partial charge >= 0.3 is 0 Å². The van der Waals surface area contributed by atoms with Crippen molar-refractivity contribution >= 4 is 38.1 Å². The Bertz CT molecular complexity index is 1060. The van der Waals surface area contributed by atoms with E-state index in [4.69, 9.17) is 12.6 Å². The van der Waals surface area contributed by atoms with Gasteiger partial charge in [-0.3, -0.25) is 10.00 Å². The highest BCUT2D eigenvalue weighted by atomic mass is 32.1. The van der Waals surface area contributed by atoms with E-state index in [2.05, 4.69) is 79.3 Å². The summed E-state index contributed by atoms with van der Waals surface area (Å²) in [6.45, 7) is 7.79. The van der Waals surface area contributed by atoms with Gasteiger partial charge in [0.2, 0.25) is 0 Å². The highest BCUT2D eigenvalue weighted by Gasteiger charge is 2.27. The first-order chi connectivity index (χ1) is 14.0. The standard InChI is InChI=1S/C23H27N4PS/c1-3-4-23(29)21-15-26(2)9-10-27(21)14-19-12-17(6-8-22(19)28)16-5-7-20-18(11-16)13-24-25-20/h3-8,11-13,21,29H,1,9-10,14-15,28H2,2H3,(H,24,25)/b23-4-/t21-/m0/s1. The monoisotopic (exact) mass is 422 g/mol. The van der Waals surface area contributed by atoms with Crippen LogP contribution in [0, 0.1) is 0 Å². The lowest BCUT2D eigenvalue weighted by Gasteiger charge is -2.40. The molecule has 0 amide bonds. The van der Waals surface area contributed by atoms with Crippen molar-refractivity contribution in [2.24, 2.45) is 0 Å². The number of nitrogens with zero attached hydrogens (tertiary/aromatic N) is 3. The van der Waals surface area contributed by atoms with Crippen LogP contribution in [0.3, 0.4) is 0 Å². The largest absolute Gasteiger partial charge is 0.303 e. The number of thiol groups is 1. The average Bonchev–Trinajstić information content (AvgIpc) is 3.19. The van der Waals surface area contributed by atoms with Crippen LogP contribution in [0.15, 0.2) is 66.2 Å². The summed E-state index contributed by atoms with van der Waals surface area (Å²) >= 11 is 4.76. The molecule has 2 heterocycles. The summed E-state index contributed by atoms with van der Waals surface area (Å²) in [6.07, 6.45) is 5.71. The second kappa shape index (κ2) is 8.85. The van der Waals surface area contributed by atoms with Crippen molar-refractivity contribution < 1.29 is 0 Å². The van der Waals surface area contributed by atoms with E-state index in [-0.39, 0.29) is 6.04 Å². The molecule has 1 N–H and O–H groups in total. The zero-order chi connectivity index (χ0) is 20.4. The molecule has 1 aromatic heterocycles. The molecular formula is C23H27N4PS. The number of benzene rings is 2. The van der Waals surface area contributed by atoms with Crippen molar-refractivity contribution in [3.05, 3.63) is 71.8 Å². The Morgan fingerprint density at radius 1 is 1.28 bits per heavy atom. The van der Waals surface area contributed by atoms with Gasteiger partial charge in [0.05, 0.1) is 17.8 Å². The molecule has 29 heavy (non-hydrogen) atoms. The molecule has 1 aliphatic heterocycles. The number of nitrogens with one attached hydrogen (secondary N) is 1. The first-order valence-electron chi connectivity index (χ1n) is 9.81. The molecule has 1 unspecified atom stereocenters. The zero-order valence-electron chi connectivity index (χ0n) is 16.7. The number of likely N-dealkylation sites (N-methyl/N-ethyl adjacent to an activating group) is 1. The molecule has 3 aromatic rings. The quantitative estimate of drug-likeness (QED) is 0.373. The Morgan fingerprint density at radius 2 is 2.07 bits per heavy atom. The van der Waals surface area contributed by atoms with Crippen molar-refractivity contribution in [2.45, 2.75) is 12.6 Å². The van der Waals surface area contributed by atoms with Crippen LogP contribution in [-0.2, 0) is 6.54 Å². The number of hydrogen-bond donors (Lipinski definition) is 2. The number of H-pyrrole nitrogens is 1. The Balaban J connectivity index is 1.63. The summed E-state index contributed by atoms with van der Waals surface area (Å²) in [7, 11) is 5.07. The van der Waals surface area contributed by atoms with E-state index in [0.717, 1.165) is 42.0 Å². The number of aromatic amines is 1. The summed E-state index contributed by atoms with van der Waals surface area (Å²) < 4.78 is 0. The maximum atomic E-state index is 4.76. The molecular weight excluding hydrogens is 395 g/mol. The van der Waals surface area contributed by atoms with Crippen molar-refractivity contribution in [3.63, 3.8) is 0 Å². The third-order valence-corrected chi connectivity index (χ3v) is 6.62. The van der Waals surface area contributed by atoms with Gasteiger partial charge in [-0.15, -0.1) is 21.9 Å². The molecule has 1 aliphatic rings. The topological polar surface area (TPSA) is 35.2 Å². The number of rotatable bonds is 5. The lowest BCUT2D eigenvalue weighted by Crippen LogP contribution is -2.51. The van der Waals surface area contributed by atoms with Gasteiger partial charge in [-0.25, -0.2) is 0 Å². The van der Waals surface area contributed by atoms with Gasteiger partial charge in [-0.1, -0.05) is 36.9 Å². The highest BCUT2D eigenvalue weighted by Crippen LogP contribution is 2.26. The second-order valence-corrected chi connectivity index (χ2v) is 8.80. The summed E-state index contributed by atoms with van der Waals surface area (Å²) in [5.41, 5.74) is 4.83. The molecule has 0 bridgehead atoms. The van der Waals surface area contributed by atoms with Crippen LogP contribution in [0.1, 0.15) is 5.56 Å². The molecule has 1 fully saturated rings. The molecule has 0 aliphatic carbocycles. The number of fused-ring (bicyclic) bond motifs is 1. The molecule has 0 spiro atoms. The molecule has 2 atom stereocenters. The minimum absolute atomic E-state index is 0.283. The van der Waals surface area contributed by atoms with Gasteiger partial charge in [0, 0.05) is 36.5 Å². The lowest BCUT2D eigenvalue weighted by molar-refractivity contribution is 0.107. The molecule has 0 radical (unpaired) electrons. The van der Waals surface area contributed by atoms with E-state index in [1.807, 2.05) is 18.3 Å². The number of hydrogen-bond acceptors (Lipinski definition) is 4. The van der Waals surface area contributed by atoms with Crippen LogP contribution in [0.25, 0.3) is 22.0 Å².